The smallest absolute Gasteiger partial charge is 0.161 e. The summed E-state index contributed by atoms with van der Waals surface area (Å²) < 4.78 is 1.82. The van der Waals surface area contributed by atoms with E-state index in [1.165, 1.54) is 24.2 Å². The highest BCUT2D eigenvalue weighted by Gasteiger charge is 2.30. The van der Waals surface area contributed by atoms with Crippen LogP contribution in [0, 0.1) is 0 Å². The molecule has 0 amide bonds. The Hall–Kier alpha value is -1.49. The third kappa shape index (κ3) is 1.57. The standard InChI is InChI=1S/C11H11N3OS/c1-14-5-9(10(13-14)7-2-3-7)11-12-4-8(6-15)16-11/h4-7H,2-3H2,1H3. The number of aryl methyl sites for hydroxylation is 1. The predicted octanol–water partition coefficient (Wildman–Crippen LogP) is 2.23. The molecule has 16 heavy (non-hydrogen) atoms. The highest BCUT2D eigenvalue weighted by Crippen LogP contribution is 2.43. The van der Waals surface area contributed by atoms with Crippen LogP contribution in [0.1, 0.15) is 34.1 Å². The van der Waals surface area contributed by atoms with Gasteiger partial charge in [-0.3, -0.25) is 9.48 Å². The normalized spacial score (nSPS) is 15.3. The number of hydrogen-bond acceptors (Lipinski definition) is 4. The summed E-state index contributed by atoms with van der Waals surface area (Å²) in [4.78, 5) is 15.6. The van der Waals surface area contributed by atoms with E-state index in [0.717, 1.165) is 22.6 Å². The van der Waals surface area contributed by atoms with E-state index in [0.29, 0.717) is 10.8 Å². The molecule has 0 radical (unpaired) electrons. The maximum absolute atomic E-state index is 10.6. The monoisotopic (exact) mass is 233 g/mol. The van der Waals surface area contributed by atoms with Crippen molar-refractivity contribution in [1.82, 2.24) is 14.8 Å². The van der Waals surface area contributed by atoms with Gasteiger partial charge in [-0.25, -0.2) is 4.98 Å². The predicted molar refractivity (Wildman–Crippen MR) is 61.7 cm³/mol. The lowest BCUT2D eigenvalue weighted by Crippen LogP contribution is -1.89. The van der Waals surface area contributed by atoms with Crippen LogP contribution >= 0.6 is 11.3 Å². The topological polar surface area (TPSA) is 47.8 Å². The molecule has 3 rings (SSSR count). The van der Waals surface area contributed by atoms with E-state index in [2.05, 4.69) is 10.1 Å². The van der Waals surface area contributed by atoms with Gasteiger partial charge in [0.05, 0.1) is 16.1 Å². The van der Waals surface area contributed by atoms with Gasteiger partial charge in [0.2, 0.25) is 0 Å². The molecule has 2 heterocycles. The van der Waals surface area contributed by atoms with E-state index in [1.54, 1.807) is 6.20 Å². The second-order valence-corrected chi connectivity index (χ2v) is 5.12. The highest BCUT2D eigenvalue weighted by atomic mass is 32.1. The van der Waals surface area contributed by atoms with Crippen molar-refractivity contribution < 1.29 is 4.79 Å². The summed E-state index contributed by atoms with van der Waals surface area (Å²) in [5.74, 6) is 0.597. The lowest BCUT2D eigenvalue weighted by molar-refractivity contribution is 0.112. The first-order valence-electron chi connectivity index (χ1n) is 5.23. The average Bonchev–Trinajstić information content (AvgIpc) is 2.88. The van der Waals surface area contributed by atoms with Crippen LogP contribution in [0.3, 0.4) is 0 Å². The Morgan fingerprint density at radius 2 is 2.38 bits per heavy atom. The molecular weight excluding hydrogens is 222 g/mol. The second kappa shape index (κ2) is 3.52. The van der Waals surface area contributed by atoms with Crippen LogP contribution in [0.5, 0.6) is 0 Å². The Kier molecular flexibility index (Phi) is 2.14. The van der Waals surface area contributed by atoms with E-state index in [4.69, 9.17) is 0 Å². The third-order valence-electron chi connectivity index (χ3n) is 2.69. The van der Waals surface area contributed by atoms with Crippen molar-refractivity contribution in [3.63, 3.8) is 0 Å². The number of carbonyl (C=O) groups is 1. The molecule has 0 unspecified atom stereocenters. The van der Waals surface area contributed by atoms with E-state index in [-0.39, 0.29) is 0 Å². The Bertz CT molecular complexity index is 539. The number of aldehydes is 1. The molecular formula is C11H11N3OS. The number of carbonyl (C=O) groups excluding carboxylic acids is 1. The van der Waals surface area contributed by atoms with E-state index in [1.807, 2.05) is 17.9 Å². The SMILES string of the molecule is Cn1cc(-c2ncc(C=O)s2)c(C2CC2)n1. The van der Waals surface area contributed by atoms with Crippen LogP contribution in [0.25, 0.3) is 10.6 Å². The van der Waals surface area contributed by atoms with Crippen LogP contribution in [-0.2, 0) is 7.05 Å². The molecule has 0 atom stereocenters. The Morgan fingerprint density at radius 1 is 1.56 bits per heavy atom. The fourth-order valence-electron chi connectivity index (χ4n) is 1.79. The van der Waals surface area contributed by atoms with E-state index >= 15 is 0 Å². The molecule has 1 saturated carbocycles. The van der Waals surface area contributed by atoms with Gasteiger partial charge < -0.3 is 0 Å². The minimum Gasteiger partial charge on any atom is -0.297 e. The summed E-state index contributed by atoms with van der Waals surface area (Å²) in [6, 6.07) is 0. The van der Waals surface area contributed by atoms with Gasteiger partial charge in [-0.2, -0.15) is 5.10 Å². The summed E-state index contributed by atoms with van der Waals surface area (Å²) in [7, 11) is 1.92. The van der Waals surface area contributed by atoms with Crippen LogP contribution in [0.15, 0.2) is 12.4 Å². The zero-order valence-corrected chi connectivity index (χ0v) is 9.70. The first-order chi connectivity index (χ1) is 7.78. The summed E-state index contributed by atoms with van der Waals surface area (Å²) in [5.41, 5.74) is 2.22. The number of rotatable bonds is 3. The minimum absolute atomic E-state index is 0.597. The summed E-state index contributed by atoms with van der Waals surface area (Å²) in [5, 5.41) is 5.38. The first kappa shape index (κ1) is 9.72. The number of nitrogens with zero attached hydrogens (tertiary/aromatic N) is 3. The van der Waals surface area contributed by atoms with Gasteiger partial charge in [-0.15, -0.1) is 11.3 Å². The van der Waals surface area contributed by atoms with Crippen molar-refractivity contribution in [3.05, 3.63) is 23.0 Å². The van der Waals surface area contributed by atoms with Gasteiger partial charge in [-0.1, -0.05) is 0 Å². The lowest BCUT2D eigenvalue weighted by atomic mass is 10.2. The average molecular weight is 233 g/mol. The molecule has 0 aliphatic heterocycles. The maximum atomic E-state index is 10.6. The van der Waals surface area contributed by atoms with Crippen molar-refractivity contribution in [2.24, 2.45) is 7.05 Å². The molecule has 5 heteroatoms. The van der Waals surface area contributed by atoms with Crippen molar-refractivity contribution in [1.29, 1.82) is 0 Å². The van der Waals surface area contributed by atoms with Gasteiger partial charge in [0, 0.05) is 25.4 Å². The molecule has 4 nitrogen and oxygen atoms in total. The van der Waals surface area contributed by atoms with Crippen LogP contribution < -0.4 is 0 Å². The largest absolute Gasteiger partial charge is 0.297 e. The summed E-state index contributed by atoms with van der Waals surface area (Å²) in [6.45, 7) is 0. The fourth-order valence-corrected chi connectivity index (χ4v) is 2.54. The van der Waals surface area contributed by atoms with Crippen molar-refractivity contribution in [3.8, 4) is 10.6 Å². The summed E-state index contributed by atoms with van der Waals surface area (Å²) >= 11 is 1.43. The molecule has 1 fully saturated rings. The van der Waals surface area contributed by atoms with Crippen LogP contribution in [0.4, 0.5) is 0 Å². The third-order valence-corrected chi connectivity index (χ3v) is 3.65. The van der Waals surface area contributed by atoms with Gasteiger partial charge >= 0.3 is 0 Å². The molecule has 1 aliphatic rings. The van der Waals surface area contributed by atoms with Crippen LogP contribution in [-0.4, -0.2) is 21.1 Å². The Labute approximate surface area is 96.9 Å². The molecule has 82 valence electrons. The minimum atomic E-state index is 0.597. The lowest BCUT2D eigenvalue weighted by Gasteiger charge is -1.94. The molecule has 0 aromatic carbocycles. The van der Waals surface area contributed by atoms with Crippen molar-refractivity contribution in [2.75, 3.05) is 0 Å². The molecule has 0 N–H and O–H groups in total. The fraction of sp³-hybridized carbons (Fsp3) is 0.364. The molecule has 0 saturated heterocycles. The summed E-state index contributed by atoms with van der Waals surface area (Å²) in [6.07, 6.45) is 6.89. The molecule has 0 bridgehead atoms. The number of aromatic nitrogens is 3. The van der Waals surface area contributed by atoms with Gasteiger partial charge in [-0.05, 0) is 12.8 Å². The molecule has 2 aromatic rings. The van der Waals surface area contributed by atoms with Gasteiger partial charge in [0.1, 0.15) is 5.01 Å². The first-order valence-corrected chi connectivity index (χ1v) is 6.04. The molecule has 1 aliphatic carbocycles. The Morgan fingerprint density at radius 3 is 3.00 bits per heavy atom. The van der Waals surface area contributed by atoms with Gasteiger partial charge in [0.15, 0.2) is 6.29 Å². The number of hydrogen-bond donors (Lipinski definition) is 0. The molecule has 0 spiro atoms. The van der Waals surface area contributed by atoms with Crippen molar-refractivity contribution >= 4 is 17.6 Å². The number of thiazole rings is 1. The Balaban J connectivity index is 2.07. The quantitative estimate of drug-likeness (QED) is 0.764. The maximum Gasteiger partial charge on any atom is 0.161 e. The van der Waals surface area contributed by atoms with Crippen LogP contribution in [0.2, 0.25) is 0 Å². The van der Waals surface area contributed by atoms with E-state index < -0.39 is 0 Å². The van der Waals surface area contributed by atoms with Crippen molar-refractivity contribution in [2.45, 2.75) is 18.8 Å². The molecule has 2 aromatic heterocycles. The second-order valence-electron chi connectivity index (χ2n) is 4.06. The highest BCUT2D eigenvalue weighted by molar-refractivity contribution is 7.16. The van der Waals surface area contributed by atoms with Gasteiger partial charge in [0.25, 0.3) is 0 Å². The zero-order valence-electron chi connectivity index (χ0n) is 8.88. The zero-order chi connectivity index (χ0) is 11.1. The van der Waals surface area contributed by atoms with E-state index in [9.17, 15) is 4.79 Å².